The minimum absolute atomic E-state index is 0.805. The molecule has 0 radical (unpaired) electrons. The second kappa shape index (κ2) is 12.2. The molecule has 0 heterocycles. The van der Waals surface area contributed by atoms with Crippen molar-refractivity contribution < 1.29 is 0 Å². The highest BCUT2D eigenvalue weighted by Crippen LogP contribution is 2.12. The third-order valence-corrected chi connectivity index (χ3v) is 2.96. The van der Waals surface area contributed by atoms with Gasteiger partial charge in [-0.05, 0) is 63.4 Å². The van der Waals surface area contributed by atoms with Gasteiger partial charge < -0.3 is 11.1 Å². The molecule has 2 nitrogen and oxygen atoms in total. The van der Waals surface area contributed by atoms with E-state index in [4.69, 9.17) is 5.73 Å². The molecular weight excluding hydrogens is 232 g/mol. The molecule has 1 rings (SSSR count). The predicted molar refractivity (Wildman–Crippen MR) is 86.8 cm³/mol. The van der Waals surface area contributed by atoms with Crippen molar-refractivity contribution in [2.45, 2.75) is 53.4 Å². The zero-order valence-corrected chi connectivity index (χ0v) is 13.3. The van der Waals surface area contributed by atoms with Gasteiger partial charge in [0.25, 0.3) is 0 Å². The Morgan fingerprint density at radius 2 is 1.63 bits per heavy atom. The van der Waals surface area contributed by atoms with Crippen molar-refractivity contribution in [3.63, 3.8) is 0 Å². The predicted octanol–water partition coefficient (Wildman–Crippen LogP) is 3.45. The van der Waals surface area contributed by atoms with Gasteiger partial charge in [0.05, 0.1) is 0 Å². The first-order valence-electron chi connectivity index (χ1n) is 7.76. The summed E-state index contributed by atoms with van der Waals surface area (Å²) in [6.07, 6.45) is 4.61. The van der Waals surface area contributed by atoms with Gasteiger partial charge in [-0.25, -0.2) is 0 Å². The van der Waals surface area contributed by atoms with E-state index < -0.39 is 0 Å². The Hall–Kier alpha value is -0.860. The number of likely N-dealkylation sites (N-methyl/N-ethyl adjacent to an activating group) is 1. The second-order valence-electron chi connectivity index (χ2n) is 4.68. The van der Waals surface area contributed by atoms with Gasteiger partial charge in [0.2, 0.25) is 0 Å². The summed E-state index contributed by atoms with van der Waals surface area (Å²) in [5.41, 5.74) is 9.82. The number of nitrogens with one attached hydrogen (secondary N) is 1. The normalized spacial score (nSPS) is 9.95. The molecular formula is C17H32N2. The summed E-state index contributed by atoms with van der Waals surface area (Å²) in [5, 5.41) is 3.37. The van der Waals surface area contributed by atoms with Crippen LogP contribution >= 0.6 is 0 Å². The summed E-state index contributed by atoms with van der Waals surface area (Å²) in [5.74, 6) is 0. The number of hydrogen-bond donors (Lipinski definition) is 2. The van der Waals surface area contributed by atoms with Gasteiger partial charge in [0, 0.05) is 0 Å². The number of aryl methyl sites for hydroxylation is 2. The molecule has 0 fully saturated rings. The van der Waals surface area contributed by atoms with E-state index in [2.05, 4.69) is 37.4 Å². The molecule has 1 aromatic rings. The maximum atomic E-state index is 5.53. The third-order valence-electron chi connectivity index (χ3n) is 2.96. The highest BCUT2D eigenvalue weighted by molar-refractivity contribution is 5.29. The summed E-state index contributed by atoms with van der Waals surface area (Å²) in [6, 6.07) is 6.94. The monoisotopic (exact) mass is 264 g/mol. The highest BCUT2D eigenvalue weighted by Gasteiger charge is 1.99. The number of nitrogens with two attached hydrogens (primary N) is 1. The van der Waals surface area contributed by atoms with Crippen LogP contribution in [0.15, 0.2) is 18.2 Å². The Balaban J connectivity index is 0.00000154. The standard InChI is InChI=1S/C15H26N2.C2H6/c1-3-17-9-7-15-11-13(2)10-14(12-15)6-4-5-8-16;1-2/h10-12,17H,3-9,16H2,1-2H3;1-2H3. The molecule has 110 valence electrons. The lowest BCUT2D eigenvalue weighted by Gasteiger charge is -2.08. The number of rotatable bonds is 8. The van der Waals surface area contributed by atoms with Crippen molar-refractivity contribution in [1.82, 2.24) is 5.32 Å². The van der Waals surface area contributed by atoms with E-state index in [9.17, 15) is 0 Å². The van der Waals surface area contributed by atoms with Gasteiger partial charge in [-0.2, -0.15) is 0 Å². The Labute approximate surface area is 119 Å². The van der Waals surface area contributed by atoms with Crippen LogP contribution in [0.4, 0.5) is 0 Å². The maximum Gasteiger partial charge on any atom is -0.000846 e. The molecule has 0 aliphatic carbocycles. The molecule has 0 amide bonds. The van der Waals surface area contributed by atoms with Crippen LogP contribution < -0.4 is 11.1 Å². The first kappa shape index (κ1) is 18.1. The van der Waals surface area contributed by atoms with E-state index in [0.29, 0.717) is 0 Å². The minimum atomic E-state index is 0.805. The maximum absolute atomic E-state index is 5.53. The van der Waals surface area contributed by atoms with Gasteiger partial charge in [0.1, 0.15) is 0 Å². The fourth-order valence-electron chi connectivity index (χ4n) is 2.12. The molecule has 0 aliphatic heterocycles. The zero-order chi connectivity index (χ0) is 14.5. The first-order valence-corrected chi connectivity index (χ1v) is 7.76. The average molecular weight is 264 g/mol. The van der Waals surface area contributed by atoms with Crippen LogP contribution in [0.25, 0.3) is 0 Å². The van der Waals surface area contributed by atoms with Crippen LogP contribution in [0.5, 0.6) is 0 Å². The lowest BCUT2D eigenvalue weighted by Crippen LogP contribution is -2.16. The van der Waals surface area contributed by atoms with E-state index in [1.807, 2.05) is 13.8 Å². The molecule has 0 atom stereocenters. The van der Waals surface area contributed by atoms with Crippen LogP contribution in [-0.4, -0.2) is 19.6 Å². The average Bonchev–Trinajstić information content (AvgIpc) is 2.41. The largest absolute Gasteiger partial charge is 0.330 e. The summed E-state index contributed by atoms with van der Waals surface area (Å²) in [6.45, 7) is 11.3. The number of unbranched alkanes of at least 4 members (excludes halogenated alkanes) is 1. The minimum Gasteiger partial charge on any atom is -0.330 e. The molecule has 1 aromatic carbocycles. The Morgan fingerprint density at radius 1 is 1.00 bits per heavy atom. The Kier molecular flexibility index (Phi) is 11.6. The Bertz CT molecular complexity index is 293. The van der Waals surface area contributed by atoms with Crippen molar-refractivity contribution >= 4 is 0 Å². The lowest BCUT2D eigenvalue weighted by molar-refractivity contribution is 0.714. The first-order chi connectivity index (χ1) is 9.26. The van der Waals surface area contributed by atoms with E-state index >= 15 is 0 Å². The quantitative estimate of drug-likeness (QED) is 0.706. The topological polar surface area (TPSA) is 38.0 Å². The van der Waals surface area contributed by atoms with E-state index in [0.717, 1.165) is 38.9 Å². The van der Waals surface area contributed by atoms with E-state index in [-0.39, 0.29) is 0 Å². The van der Waals surface area contributed by atoms with E-state index in [1.165, 1.54) is 23.1 Å². The number of hydrogen-bond acceptors (Lipinski definition) is 2. The Morgan fingerprint density at radius 3 is 2.21 bits per heavy atom. The smallest absolute Gasteiger partial charge is 0.000846 e. The van der Waals surface area contributed by atoms with Crippen LogP contribution in [0, 0.1) is 6.92 Å². The van der Waals surface area contributed by atoms with Crippen molar-refractivity contribution in [1.29, 1.82) is 0 Å². The van der Waals surface area contributed by atoms with Gasteiger partial charge >= 0.3 is 0 Å². The van der Waals surface area contributed by atoms with Crippen LogP contribution in [0.2, 0.25) is 0 Å². The summed E-state index contributed by atoms with van der Waals surface area (Å²) in [7, 11) is 0. The molecule has 0 unspecified atom stereocenters. The fraction of sp³-hybridized carbons (Fsp3) is 0.647. The van der Waals surface area contributed by atoms with Crippen molar-refractivity contribution in [2.75, 3.05) is 19.6 Å². The molecule has 0 aliphatic rings. The molecule has 0 saturated carbocycles. The number of benzene rings is 1. The van der Waals surface area contributed by atoms with Gasteiger partial charge in [-0.15, -0.1) is 0 Å². The highest BCUT2D eigenvalue weighted by atomic mass is 14.8. The van der Waals surface area contributed by atoms with Crippen LogP contribution in [0.1, 0.15) is 50.3 Å². The molecule has 0 spiro atoms. The van der Waals surface area contributed by atoms with Crippen molar-refractivity contribution in [3.05, 3.63) is 34.9 Å². The fourth-order valence-corrected chi connectivity index (χ4v) is 2.12. The summed E-state index contributed by atoms with van der Waals surface area (Å²) < 4.78 is 0. The molecule has 0 aromatic heterocycles. The van der Waals surface area contributed by atoms with Crippen LogP contribution in [0.3, 0.4) is 0 Å². The SMILES string of the molecule is CC.CCNCCc1cc(C)cc(CCCCN)c1. The summed E-state index contributed by atoms with van der Waals surface area (Å²) in [4.78, 5) is 0. The third kappa shape index (κ3) is 8.79. The van der Waals surface area contributed by atoms with Crippen molar-refractivity contribution in [2.24, 2.45) is 5.73 Å². The van der Waals surface area contributed by atoms with Crippen LogP contribution in [-0.2, 0) is 12.8 Å². The van der Waals surface area contributed by atoms with Gasteiger partial charge in [-0.1, -0.05) is 44.5 Å². The molecule has 19 heavy (non-hydrogen) atoms. The molecule has 0 bridgehead atoms. The molecule has 3 N–H and O–H groups in total. The molecule has 0 saturated heterocycles. The van der Waals surface area contributed by atoms with Crippen molar-refractivity contribution in [3.8, 4) is 0 Å². The zero-order valence-electron chi connectivity index (χ0n) is 13.3. The second-order valence-corrected chi connectivity index (χ2v) is 4.68. The lowest BCUT2D eigenvalue weighted by atomic mass is 10.0. The van der Waals surface area contributed by atoms with Gasteiger partial charge in [-0.3, -0.25) is 0 Å². The van der Waals surface area contributed by atoms with Gasteiger partial charge in [0.15, 0.2) is 0 Å². The summed E-state index contributed by atoms with van der Waals surface area (Å²) >= 11 is 0. The molecule has 2 heteroatoms. The van der Waals surface area contributed by atoms with E-state index in [1.54, 1.807) is 0 Å².